The Bertz CT molecular complexity index is 1740. The summed E-state index contributed by atoms with van der Waals surface area (Å²) in [6.07, 6.45) is 1.25. The third-order valence-electron chi connectivity index (χ3n) is 12.9. The molecule has 9 rings (SSSR count). The topological polar surface area (TPSA) is 131 Å². The fourth-order valence-electron chi connectivity index (χ4n) is 9.66. The van der Waals surface area contributed by atoms with Crippen LogP contribution in [-0.4, -0.2) is 145 Å². The maximum absolute atomic E-state index is 12.2. The van der Waals surface area contributed by atoms with E-state index in [1.54, 1.807) is 0 Å². The van der Waals surface area contributed by atoms with Crippen molar-refractivity contribution in [3.8, 4) is 23.0 Å². The van der Waals surface area contributed by atoms with Gasteiger partial charge in [-0.1, -0.05) is 48.5 Å². The number of phenolic OH excluding ortho intramolecular Hbond substituents is 4. The van der Waals surface area contributed by atoms with E-state index >= 15 is 0 Å². The van der Waals surface area contributed by atoms with E-state index in [9.17, 15) is 20.4 Å². The van der Waals surface area contributed by atoms with Gasteiger partial charge in [0.1, 0.15) is 23.0 Å². The molecule has 5 aliphatic rings. The van der Waals surface area contributed by atoms with Gasteiger partial charge in [0.15, 0.2) is 0 Å². The highest BCUT2D eigenvalue weighted by Crippen LogP contribution is 2.40. The van der Waals surface area contributed by atoms with Crippen molar-refractivity contribution in [1.82, 2.24) is 19.6 Å². The lowest BCUT2D eigenvalue weighted by atomic mass is 9.88. The van der Waals surface area contributed by atoms with Crippen molar-refractivity contribution in [2.75, 3.05) is 105 Å². The molecule has 8 bridgehead atoms. The van der Waals surface area contributed by atoms with Crippen molar-refractivity contribution >= 4 is 0 Å². The van der Waals surface area contributed by atoms with Crippen molar-refractivity contribution in [2.45, 2.75) is 51.9 Å². The highest BCUT2D eigenvalue weighted by atomic mass is 16.5. The average Bonchev–Trinajstić information content (AvgIpc) is 3.25. The first kappa shape index (κ1) is 41.1. The summed E-state index contributed by atoms with van der Waals surface area (Å²) in [6.45, 7) is 14.9. The van der Waals surface area contributed by atoms with E-state index in [4.69, 9.17) is 18.9 Å². The molecule has 0 aromatic heterocycles. The van der Waals surface area contributed by atoms with Crippen LogP contribution in [0.3, 0.4) is 0 Å². The second-order valence-electron chi connectivity index (χ2n) is 17.3. The number of morpholine rings is 4. The summed E-state index contributed by atoms with van der Waals surface area (Å²) in [7, 11) is 0. The molecule has 4 aromatic rings. The zero-order valence-electron chi connectivity index (χ0n) is 34.8. The number of hydrogen-bond donors (Lipinski definition) is 4. The molecule has 4 N–H and O–H groups in total. The lowest BCUT2D eigenvalue weighted by molar-refractivity contribution is 0.0341. The Morgan fingerprint density at radius 2 is 0.467 bits per heavy atom. The molecule has 0 unspecified atom stereocenters. The minimum absolute atomic E-state index is 0.183. The van der Waals surface area contributed by atoms with Crippen LogP contribution in [-0.2, 0) is 70.8 Å². The van der Waals surface area contributed by atoms with Gasteiger partial charge in [-0.05, 0) is 66.8 Å². The third kappa shape index (κ3) is 9.77. The number of aromatic hydroxyl groups is 4. The number of nitrogens with zero attached hydrogens (tertiary/aromatic N) is 4. The van der Waals surface area contributed by atoms with Gasteiger partial charge in [0.2, 0.25) is 0 Å². The Kier molecular flexibility index (Phi) is 12.9. The maximum Gasteiger partial charge on any atom is 0.122 e. The molecule has 12 heteroatoms. The van der Waals surface area contributed by atoms with Crippen LogP contribution in [0.25, 0.3) is 0 Å². The summed E-state index contributed by atoms with van der Waals surface area (Å²) in [5.41, 5.74) is 10.1. The third-order valence-corrected chi connectivity index (χ3v) is 12.9. The highest BCUT2D eigenvalue weighted by molar-refractivity contribution is 5.57. The fourth-order valence-corrected chi connectivity index (χ4v) is 9.66. The van der Waals surface area contributed by atoms with Crippen LogP contribution in [0.4, 0.5) is 0 Å². The number of fused-ring (bicyclic) bond motifs is 8. The molecule has 320 valence electrons. The normalized spacial score (nSPS) is 20.0. The van der Waals surface area contributed by atoms with Crippen LogP contribution < -0.4 is 0 Å². The quantitative estimate of drug-likeness (QED) is 0.176. The standard InChI is InChI=1S/C48H60N4O8/c53-45-37-17-33(29-49-1-9-57-10-2-49)18-38(45)26-40-20-35(31-51-5-13-59-14-6-51)22-42(47(40)55)28-44-24-36(32-52-7-15-60-16-8-52)23-43(48(44)56)27-41-21-34(19-39(25-37)46(41)54)30-50-3-11-58-12-4-50/h17-24,53-56H,1-16,25-32H2. The number of ether oxygens (including phenoxy) is 4. The lowest BCUT2D eigenvalue weighted by Gasteiger charge is -2.28. The maximum atomic E-state index is 12.2. The van der Waals surface area contributed by atoms with Gasteiger partial charge in [0, 0.05) is 104 Å². The van der Waals surface area contributed by atoms with Gasteiger partial charge in [-0.3, -0.25) is 19.6 Å². The van der Waals surface area contributed by atoms with Gasteiger partial charge in [-0.2, -0.15) is 0 Å². The van der Waals surface area contributed by atoms with Gasteiger partial charge < -0.3 is 39.4 Å². The van der Waals surface area contributed by atoms with Crippen molar-refractivity contribution in [3.05, 3.63) is 115 Å². The molecule has 4 saturated heterocycles. The summed E-state index contributed by atoms with van der Waals surface area (Å²) in [4.78, 5) is 9.50. The summed E-state index contributed by atoms with van der Waals surface area (Å²) in [5, 5.41) is 48.9. The first-order valence-electron chi connectivity index (χ1n) is 21.9. The van der Waals surface area contributed by atoms with Gasteiger partial charge >= 0.3 is 0 Å². The van der Waals surface area contributed by atoms with Crippen molar-refractivity contribution in [3.63, 3.8) is 0 Å². The number of rotatable bonds is 8. The Morgan fingerprint density at radius 3 is 0.633 bits per heavy atom. The van der Waals surface area contributed by atoms with E-state index < -0.39 is 0 Å². The molecule has 1 aliphatic carbocycles. The molecule has 4 fully saturated rings. The molecule has 4 heterocycles. The molecule has 60 heavy (non-hydrogen) atoms. The van der Waals surface area contributed by atoms with Crippen LogP contribution in [0.2, 0.25) is 0 Å². The van der Waals surface area contributed by atoms with Gasteiger partial charge in [-0.25, -0.2) is 0 Å². The Morgan fingerprint density at radius 1 is 0.300 bits per heavy atom. The molecule has 4 aliphatic heterocycles. The summed E-state index contributed by atoms with van der Waals surface area (Å²) >= 11 is 0. The van der Waals surface area contributed by atoms with Crippen LogP contribution >= 0.6 is 0 Å². The van der Waals surface area contributed by atoms with Crippen molar-refractivity contribution < 1.29 is 39.4 Å². The van der Waals surface area contributed by atoms with Crippen LogP contribution in [0.1, 0.15) is 66.8 Å². The Hall–Kier alpha value is -4.24. The predicted molar refractivity (Wildman–Crippen MR) is 228 cm³/mol. The average molecular weight is 821 g/mol. The zero-order chi connectivity index (χ0) is 41.0. The molecule has 12 nitrogen and oxygen atoms in total. The molecular formula is C48H60N4O8. The minimum atomic E-state index is 0.183. The Balaban J connectivity index is 1.19. The van der Waals surface area contributed by atoms with Gasteiger partial charge in [0.25, 0.3) is 0 Å². The monoisotopic (exact) mass is 820 g/mol. The van der Waals surface area contributed by atoms with Crippen molar-refractivity contribution in [1.29, 1.82) is 0 Å². The molecule has 0 radical (unpaired) electrons. The van der Waals surface area contributed by atoms with E-state index in [-0.39, 0.29) is 23.0 Å². The first-order chi connectivity index (χ1) is 29.3. The molecule has 0 spiro atoms. The molecule has 0 atom stereocenters. The zero-order valence-corrected chi connectivity index (χ0v) is 34.8. The number of hydrogen-bond acceptors (Lipinski definition) is 12. The first-order valence-corrected chi connectivity index (χ1v) is 21.9. The lowest BCUT2D eigenvalue weighted by Crippen LogP contribution is -2.35. The fraction of sp³-hybridized carbons (Fsp3) is 0.500. The second kappa shape index (κ2) is 18.8. The van der Waals surface area contributed by atoms with E-state index in [0.717, 1.165) is 119 Å². The summed E-state index contributed by atoms with van der Waals surface area (Å²) in [6, 6.07) is 16.7. The summed E-state index contributed by atoms with van der Waals surface area (Å²) < 4.78 is 22.6. The van der Waals surface area contributed by atoms with Crippen LogP contribution in [0.5, 0.6) is 23.0 Å². The van der Waals surface area contributed by atoms with Crippen LogP contribution in [0.15, 0.2) is 48.5 Å². The number of phenols is 4. The molecule has 0 saturated carbocycles. The SMILES string of the molecule is Oc1c2cc(CN3CCOCC3)cc1Cc1cc(CN3CCOCC3)cc(c1O)Cc1cc(CN3CCOCC3)cc(c1O)Cc1cc(CN3CCOCC3)cc(c1O)C2. The highest BCUT2D eigenvalue weighted by Gasteiger charge is 2.24. The van der Waals surface area contributed by atoms with E-state index in [2.05, 4.69) is 68.1 Å². The predicted octanol–water partition coefficient (Wildman–Crippen LogP) is 4.51. The van der Waals surface area contributed by atoms with Crippen molar-refractivity contribution in [2.24, 2.45) is 0 Å². The molecular weight excluding hydrogens is 761 g/mol. The van der Waals surface area contributed by atoms with Crippen LogP contribution in [0, 0.1) is 0 Å². The van der Waals surface area contributed by atoms with E-state index in [0.29, 0.717) is 105 Å². The molecule has 4 aromatic carbocycles. The largest absolute Gasteiger partial charge is 0.507 e. The van der Waals surface area contributed by atoms with E-state index in [1.807, 2.05) is 0 Å². The van der Waals surface area contributed by atoms with Gasteiger partial charge in [0.05, 0.1) is 52.9 Å². The number of benzene rings is 4. The van der Waals surface area contributed by atoms with E-state index in [1.165, 1.54) is 0 Å². The minimum Gasteiger partial charge on any atom is -0.507 e. The van der Waals surface area contributed by atoms with Gasteiger partial charge in [-0.15, -0.1) is 0 Å². The second-order valence-corrected chi connectivity index (χ2v) is 17.3. The Labute approximate surface area is 353 Å². The molecule has 0 amide bonds. The smallest absolute Gasteiger partial charge is 0.122 e. The summed E-state index contributed by atoms with van der Waals surface area (Å²) in [5.74, 6) is 0.731.